The van der Waals surface area contributed by atoms with Crippen LogP contribution in [0.3, 0.4) is 0 Å². The van der Waals surface area contributed by atoms with Gasteiger partial charge in [-0.2, -0.15) is 0 Å². The van der Waals surface area contributed by atoms with Gasteiger partial charge in [0.25, 0.3) is 19.9 Å². The van der Waals surface area contributed by atoms with Gasteiger partial charge in [0.2, 0.25) is 0 Å². The summed E-state index contributed by atoms with van der Waals surface area (Å²) in [6, 6.07) is 22.0. The standard InChI is InChI=1S/C32H35FN2O7Si/c1-32(2,3)43(24-11-7-5-8-12-24,25-13-9-6-10-14-25)41-21-29-28(18-16-23(42-29)20-30(36)40-4)34-31(37)26-19-22(35(38)39)15-17-27(26)33/h5-19,23,28-29H,20-21H2,1-4H3,(H,34,37)/t23-,28-,29-/m1/s1. The average Bonchev–Trinajstić information content (AvgIpc) is 2.99. The molecule has 1 aliphatic rings. The van der Waals surface area contributed by atoms with Gasteiger partial charge in [0.05, 0.1) is 42.8 Å². The number of ether oxygens (including phenoxy) is 2. The molecule has 4 rings (SSSR count). The first-order valence-electron chi connectivity index (χ1n) is 13.9. The van der Waals surface area contributed by atoms with Crippen molar-refractivity contribution in [3.63, 3.8) is 0 Å². The molecule has 0 saturated heterocycles. The molecule has 0 saturated carbocycles. The molecule has 1 heterocycles. The second kappa shape index (κ2) is 13.4. The van der Waals surface area contributed by atoms with E-state index in [-0.39, 0.29) is 18.1 Å². The number of amides is 1. The number of non-ortho nitro benzene ring substituents is 1. The summed E-state index contributed by atoms with van der Waals surface area (Å²) in [4.78, 5) is 35.8. The minimum atomic E-state index is -3.00. The number of rotatable bonds is 10. The van der Waals surface area contributed by atoms with Crippen molar-refractivity contribution in [3.8, 4) is 0 Å². The third-order valence-electron chi connectivity index (χ3n) is 7.46. The van der Waals surface area contributed by atoms with Gasteiger partial charge in [0, 0.05) is 12.1 Å². The number of methoxy groups -OCH3 is 1. The van der Waals surface area contributed by atoms with Gasteiger partial charge >= 0.3 is 5.97 Å². The Morgan fingerprint density at radius 2 is 1.60 bits per heavy atom. The summed E-state index contributed by atoms with van der Waals surface area (Å²) in [5.74, 6) is -2.21. The maximum absolute atomic E-state index is 14.6. The molecule has 1 aliphatic heterocycles. The van der Waals surface area contributed by atoms with Gasteiger partial charge in [-0.25, -0.2) is 4.39 Å². The first-order valence-corrected chi connectivity index (χ1v) is 15.8. The molecule has 0 spiro atoms. The lowest BCUT2D eigenvalue weighted by Gasteiger charge is -2.44. The highest BCUT2D eigenvalue weighted by atomic mass is 28.4. The zero-order valence-electron chi connectivity index (χ0n) is 24.5. The lowest BCUT2D eigenvalue weighted by Crippen LogP contribution is -2.67. The number of hydrogen-bond donors (Lipinski definition) is 1. The number of carbonyl (C=O) groups is 2. The van der Waals surface area contributed by atoms with E-state index in [0.717, 1.165) is 28.6 Å². The molecule has 3 aromatic carbocycles. The molecule has 3 aromatic rings. The predicted molar refractivity (Wildman–Crippen MR) is 162 cm³/mol. The van der Waals surface area contributed by atoms with Crippen LogP contribution in [0.15, 0.2) is 91.0 Å². The van der Waals surface area contributed by atoms with Crippen molar-refractivity contribution in [2.75, 3.05) is 13.7 Å². The second-order valence-corrected chi connectivity index (χ2v) is 15.6. The third-order valence-corrected chi connectivity index (χ3v) is 12.5. The fourth-order valence-corrected chi connectivity index (χ4v) is 9.94. The number of nitrogens with zero attached hydrogens (tertiary/aromatic N) is 1. The summed E-state index contributed by atoms with van der Waals surface area (Å²) in [5, 5.41) is 15.7. The summed E-state index contributed by atoms with van der Waals surface area (Å²) in [6.07, 6.45) is 1.81. The Morgan fingerprint density at radius 1 is 1.00 bits per heavy atom. The maximum Gasteiger partial charge on any atom is 0.308 e. The molecule has 1 amide bonds. The molecule has 3 atom stereocenters. The van der Waals surface area contributed by atoms with Crippen molar-refractivity contribution in [2.24, 2.45) is 0 Å². The van der Waals surface area contributed by atoms with E-state index in [9.17, 15) is 24.1 Å². The Labute approximate surface area is 250 Å². The first kappa shape index (κ1) is 31.7. The van der Waals surface area contributed by atoms with Crippen LogP contribution < -0.4 is 15.7 Å². The highest BCUT2D eigenvalue weighted by molar-refractivity contribution is 6.99. The number of nitro benzene ring substituents is 1. The van der Waals surface area contributed by atoms with Gasteiger partial charge in [0.15, 0.2) is 0 Å². The largest absolute Gasteiger partial charge is 0.469 e. The SMILES string of the molecule is COC(=O)C[C@H]1C=C[C@@H](NC(=O)c2cc([N+](=O)[O-])ccc2F)[C@@H](CO[Si](c2ccccc2)(c2ccccc2)C(C)(C)C)O1. The number of halogens is 1. The zero-order valence-corrected chi connectivity index (χ0v) is 25.5. The molecule has 9 nitrogen and oxygen atoms in total. The van der Waals surface area contributed by atoms with E-state index < -0.39 is 60.4 Å². The van der Waals surface area contributed by atoms with Crippen LogP contribution in [0, 0.1) is 15.9 Å². The van der Waals surface area contributed by atoms with Crippen molar-refractivity contribution in [1.82, 2.24) is 5.32 Å². The Hall–Kier alpha value is -4.19. The molecule has 43 heavy (non-hydrogen) atoms. The van der Waals surface area contributed by atoms with Crippen LogP contribution in [-0.2, 0) is 18.7 Å². The lowest BCUT2D eigenvalue weighted by atomic mass is 10.0. The Kier molecular flexibility index (Phi) is 9.90. The molecule has 0 aromatic heterocycles. The Balaban J connectivity index is 1.70. The van der Waals surface area contributed by atoms with E-state index in [1.54, 1.807) is 12.2 Å². The van der Waals surface area contributed by atoms with Gasteiger partial charge in [-0.15, -0.1) is 0 Å². The summed E-state index contributed by atoms with van der Waals surface area (Å²) < 4.78 is 32.7. The van der Waals surface area contributed by atoms with Crippen molar-refractivity contribution >= 4 is 36.3 Å². The van der Waals surface area contributed by atoms with Gasteiger partial charge in [-0.05, 0) is 21.5 Å². The van der Waals surface area contributed by atoms with Crippen molar-refractivity contribution in [1.29, 1.82) is 0 Å². The lowest BCUT2D eigenvalue weighted by molar-refractivity contribution is -0.384. The van der Waals surface area contributed by atoms with Crippen LogP contribution in [0.5, 0.6) is 0 Å². The van der Waals surface area contributed by atoms with Crippen molar-refractivity contribution in [2.45, 2.75) is 50.5 Å². The van der Waals surface area contributed by atoms with Crippen molar-refractivity contribution in [3.05, 3.63) is 113 Å². The van der Waals surface area contributed by atoms with Crippen molar-refractivity contribution < 1.29 is 32.8 Å². The van der Waals surface area contributed by atoms with E-state index in [2.05, 4.69) is 50.4 Å². The molecule has 1 N–H and O–H groups in total. The molecular weight excluding hydrogens is 571 g/mol. The molecular formula is C32H35FN2O7Si. The van der Waals surface area contributed by atoms with E-state index in [4.69, 9.17) is 13.9 Å². The van der Waals surface area contributed by atoms with Gasteiger partial charge in [-0.1, -0.05) is 93.6 Å². The summed E-state index contributed by atoms with van der Waals surface area (Å²) >= 11 is 0. The summed E-state index contributed by atoms with van der Waals surface area (Å²) in [6.45, 7) is 6.42. The maximum atomic E-state index is 14.6. The van der Waals surface area contributed by atoms with Crippen LogP contribution >= 0.6 is 0 Å². The van der Waals surface area contributed by atoms with Gasteiger partial charge in [0.1, 0.15) is 11.9 Å². The second-order valence-electron chi connectivity index (χ2n) is 11.3. The molecule has 0 radical (unpaired) electrons. The summed E-state index contributed by atoms with van der Waals surface area (Å²) in [7, 11) is -1.71. The average molecular weight is 607 g/mol. The van der Waals surface area contributed by atoms with Crippen LogP contribution in [0.25, 0.3) is 0 Å². The Morgan fingerprint density at radius 3 is 2.14 bits per heavy atom. The predicted octanol–water partition coefficient (Wildman–Crippen LogP) is 4.30. The van der Waals surface area contributed by atoms with Crippen LogP contribution in [0.1, 0.15) is 37.6 Å². The normalized spacial score (nSPS) is 18.6. The minimum Gasteiger partial charge on any atom is -0.469 e. The highest BCUT2D eigenvalue weighted by Crippen LogP contribution is 2.37. The highest BCUT2D eigenvalue weighted by Gasteiger charge is 2.51. The van der Waals surface area contributed by atoms with E-state index in [1.165, 1.54) is 7.11 Å². The number of nitrogens with one attached hydrogen (secondary N) is 1. The van der Waals surface area contributed by atoms with Crippen LogP contribution in [0.2, 0.25) is 5.04 Å². The van der Waals surface area contributed by atoms with E-state index >= 15 is 0 Å². The fourth-order valence-electron chi connectivity index (χ4n) is 5.37. The van der Waals surface area contributed by atoms with Crippen LogP contribution in [-0.4, -0.2) is 57.1 Å². The monoisotopic (exact) mass is 606 g/mol. The first-order chi connectivity index (χ1) is 20.5. The smallest absolute Gasteiger partial charge is 0.308 e. The van der Waals surface area contributed by atoms with E-state index in [1.807, 2.05) is 36.4 Å². The van der Waals surface area contributed by atoms with Crippen LogP contribution in [0.4, 0.5) is 10.1 Å². The van der Waals surface area contributed by atoms with E-state index in [0.29, 0.717) is 0 Å². The zero-order chi connectivity index (χ0) is 31.2. The number of benzene rings is 3. The molecule has 0 bridgehead atoms. The number of carbonyl (C=O) groups excluding carboxylic acids is 2. The van der Waals surface area contributed by atoms with Gasteiger partial charge < -0.3 is 19.2 Å². The number of esters is 1. The topological polar surface area (TPSA) is 117 Å². The molecule has 11 heteroatoms. The quantitative estimate of drug-likeness (QED) is 0.120. The fraction of sp³-hybridized carbons (Fsp3) is 0.312. The number of nitro groups is 1. The Bertz CT molecular complexity index is 1440. The molecule has 0 fully saturated rings. The summed E-state index contributed by atoms with van der Waals surface area (Å²) in [5.41, 5.74) is -0.877. The molecule has 0 unspecified atom stereocenters. The number of hydrogen-bond acceptors (Lipinski definition) is 7. The third kappa shape index (κ3) is 7.07. The van der Waals surface area contributed by atoms with Gasteiger partial charge in [-0.3, -0.25) is 19.7 Å². The molecule has 226 valence electrons. The minimum absolute atomic E-state index is 0.0255. The molecule has 0 aliphatic carbocycles.